The molecule has 1 aliphatic heterocycles. The Balaban J connectivity index is 1.43. The minimum absolute atomic E-state index is 0.186. The number of aryl methyl sites for hydroxylation is 2. The lowest BCUT2D eigenvalue weighted by molar-refractivity contribution is 0.316. The zero-order valence-electron chi connectivity index (χ0n) is 16.4. The number of hydrogen-bond donors (Lipinski definition) is 1. The van der Waals surface area contributed by atoms with Crippen LogP contribution < -0.4 is 5.32 Å². The van der Waals surface area contributed by atoms with E-state index in [4.69, 9.17) is 4.98 Å². The average molecular weight is 430 g/mol. The molecule has 7 nitrogen and oxygen atoms in total. The van der Waals surface area contributed by atoms with Crippen molar-refractivity contribution in [1.29, 1.82) is 0 Å². The van der Waals surface area contributed by atoms with Gasteiger partial charge in [0.25, 0.3) is 0 Å². The van der Waals surface area contributed by atoms with E-state index in [2.05, 4.69) is 15.3 Å². The smallest absolute Gasteiger partial charge is 0.243 e. The standard InChI is InChI=1S/C20H23N5O2S2/c1-14-15(2)28-20(22-14)24-19-13-21-12-18(23-19)16-8-10-25(11-9-16)29(26,27)17-6-4-3-5-7-17/h3-7,12-13,16H,8-11H2,1-2H3,(H,22,23,24). The fraction of sp³-hybridized carbons (Fsp3) is 0.350. The summed E-state index contributed by atoms with van der Waals surface area (Å²) >= 11 is 1.59. The molecule has 0 radical (unpaired) electrons. The molecule has 3 aromatic rings. The van der Waals surface area contributed by atoms with Gasteiger partial charge in [-0.15, -0.1) is 11.3 Å². The molecular weight excluding hydrogens is 406 g/mol. The summed E-state index contributed by atoms with van der Waals surface area (Å²) in [6.07, 6.45) is 4.90. The Bertz CT molecular complexity index is 1070. The number of rotatable bonds is 5. The highest BCUT2D eigenvalue weighted by Crippen LogP contribution is 2.30. The third-order valence-corrected chi connectivity index (χ3v) is 8.07. The molecule has 29 heavy (non-hydrogen) atoms. The number of benzene rings is 1. The number of anilines is 2. The van der Waals surface area contributed by atoms with Gasteiger partial charge in [-0.05, 0) is 38.8 Å². The van der Waals surface area contributed by atoms with Crippen molar-refractivity contribution in [2.45, 2.75) is 37.5 Å². The summed E-state index contributed by atoms with van der Waals surface area (Å²) in [5, 5.41) is 4.03. The van der Waals surface area contributed by atoms with Gasteiger partial charge in [-0.3, -0.25) is 4.98 Å². The number of thiazole rings is 1. The molecule has 0 spiro atoms. The molecule has 1 aliphatic rings. The molecule has 4 rings (SSSR count). The lowest BCUT2D eigenvalue weighted by atomic mass is 9.95. The largest absolute Gasteiger partial charge is 0.315 e. The molecule has 0 unspecified atom stereocenters. The summed E-state index contributed by atoms with van der Waals surface area (Å²) in [6, 6.07) is 8.60. The van der Waals surface area contributed by atoms with Crippen LogP contribution in [0.5, 0.6) is 0 Å². The predicted octanol–water partition coefficient (Wildman–Crippen LogP) is 3.86. The SMILES string of the molecule is Cc1nc(Nc2cncc(C3CCN(S(=O)(=O)c4ccccc4)CC3)n2)sc1C. The summed E-state index contributed by atoms with van der Waals surface area (Å²) < 4.78 is 27.2. The molecule has 0 bridgehead atoms. The molecule has 9 heteroatoms. The molecule has 0 amide bonds. The fourth-order valence-corrected chi connectivity index (χ4v) is 5.72. The van der Waals surface area contributed by atoms with Crippen molar-refractivity contribution in [2.24, 2.45) is 0 Å². The van der Waals surface area contributed by atoms with Crippen LogP contribution in [0.4, 0.5) is 10.9 Å². The highest BCUT2D eigenvalue weighted by Gasteiger charge is 2.30. The topological polar surface area (TPSA) is 88.1 Å². The Morgan fingerprint density at radius 1 is 1.07 bits per heavy atom. The number of nitrogens with one attached hydrogen (secondary N) is 1. The van der Waals surface area contributed by atoms with Crippen LogP contribution in [0.2, 0.25) is 0 Å². The zero-order valence-corrected chi connectivity index (χ0v) is 18.0. The zero-order chi connectivity index (χ0) is 20.4. The maximum absolute atomic E-state index is 12.8. The normalized spacial score (nSPS) is 16.1. The molecule has 152 valence electrons. The van der Waals surface area contributed by atoms with Gasteiger partial charge in [-0.2, -0.15) is 4.31 Å². The van der Waals surface area contributed by atoms with Crippen LogP contribution in [0.15, 0.2) is 47.6 Å². The molecule has 0 saturated carbocycles. The van der Waals surface area contributed by atoms with Gasteiger partial charge in [0.15, 0.2) is 10.9 Å². The first-order valence-electron chi connectivity index (χ1n) is 9.51. The van der Waals surface area contributed by atoms with E-state index in [0.29, 0.717) is 23.8 Å². The van der Waals surface area contributed by atoms with E-state index < -0.39 is 10.0 Å². The third-order valence-electron chi connectivity index (χ3n) is 5.17. The van der Waals surface area contributed by atoms with Crippen molar-refractivity contribution in [2.75, 3.05) is 18.4 Å². The fourth-order valence-electron chi connectivity index (χ4n) is 3.41. The van der Waals surface area contributed by atoms with E-state index >= 15 is 0 Å². The van der Waals surface area contributed by atoms with Crippen LogP contribution >= 0.6 is 11.3 Å². The lowest BCUT2D eigenvalue weighted by Crippen LogP contribution is -2.38. The van der Waals surface area contributed by atoms with Gasteiger partial charge >= 0.3 is 0 Å². The first-order valence-corrected chi connectivity index (χ1v) is 11.8. The second-order valence-electron chi connectivity index (χ2n) is 7.11. The Kier molecular flexibility index (Phi) is 5.62. The van der Waals surface area contributed by atoms with E-state index in [-0.39, 0.29) is 5.92 Å². The van der Waals surface area contributed by atoms with Crippen LogP contribution in [0.3, 0.4) is 0 Å². The third kappa shape index (κ3) is 4.31. The second-order valence-corrected chi connectivity index (χ2v) is 10.2. The highest BCUT2D eigenvalue weighted by molar-refractivity contribution is 7.89. The minimum atomic E-state index is -3.44. The Labute approximate surface area is 174 Å². The maximum atomic E-state index is 12.8. The number of piperidine rings is 1. The summed E-state index contributed by atoms with van der Waals surface area (Å²) in [7, 11) is -3.44. The quantitative estimate of drug-likeness (QED) is 0.663. The van der Waals surface area contributed by atoms with Crippen molar-refractivity contribution in [3.05, 3.63) is 59.0 Å². The second kappa shape index (κ2) is 8.17. The number of aromatic nitrogens is 3. The van der Waals surface area contributed by atoms with Gasteiger partial charge in [0.05, 0.1) is 22.5 Å². The van der Waals surface area contributed by atoms with Gasteiger partial charge in [0, 0.05) is 30.1 Å². The molecule has 1 fully saturated rings. The van der Waals surface area contributed by atoms with E-state index in [1.54, 1.807) is 52.3 Å². The van der Waals surface area contributed by atoms with E-state index in [1.165, 1.54) is 4.88 Å². The average Bonchev–Trinajstić information content (AvgIpc) is 3.05. The first-order chi connectivity index (χ1) is 13.9. The highest BCUT2D eigenvalue weighted by atomic mass is 32.2. The molecule has 3 heterocycles. The van der Waals surface area contributed by atoms with Gasteiger partial charge in [0.2, 0.25) is 10.0 Å². The Morgan fingerprint density at radius 3 is 2.45 bits per heavy atom. The molecule has 1 aromatic carbocycles. The maximum Gasteiger partial charge on any atom is 0.243 e. The molecule has 0 aliphatic carbocycles. The monoisotopic (exact) mass is 429 g/mol. The molecule has 1 N–H and O–H groups in total. The number of nitrogens with zero attached hydrogens (tertiary/aromatic N) is 4. The molecule has 2 aromatic heterocycles. The van der Waals surface area contributed by atoms with E-state index in [9.17, 15) is 8.42 Å². The van der Waals surface area contributed by atoms with E-state index in [1.807, 2.05) is 19.9 Å². The molecule has 0 atom stereocenters. The van der Waals surface area contributed by atoms with Crippen LogP contribution in [-0.2, 0) is 10.0 Å². The van der Waals surface area contributed by atoms with Crippen molar-refractivity contribution in [1.82, 2.24) is 19.3 Å². The minimum Gasteiger partial charge on any atom is -0.315 e. The van der Waals surface area contributed by atoms with Crippen molar-refractivity contribution < 1.29 is 8.42 Å². The molecular formula is C20H23N5O2S2. The van der Waals surface area contributed by atoms with Crippen molar-refractivity contribution in [3.8, 4) is 0 Å². The van der Waals surface area contributed by atoms with Crippen molar-refractivity contribution in [3.63, 3.8) is 0 Å². The van der Waals surface area contributed by atoms with Gasteiger partial charge in [-0.1, -0.05) is 18.2 Å². The van der Waals surface area contributed by atoms with Crippen LogP contribution in [0.25, 0.3) is 0 Å². The van der Waals surface area contributed by atoms with Crippen LogP contribution in [0.1, 0.15) is 35.0 Å². The number of sulfonamides is 1. The van der Waals surface area contributed by atoms with E-state index in [0.717, 1.165) is 29.4 Å². The van der Waals surface area contributed by atoms with Crippen LogP contribution in [-0.4, -0.2) is 40.8 Å². The van der Waals surface area contributed by atoms with Gasteiger partial charge in [0.1, 0.15) is 0 Å². The summed E-state index contributed by atoms with van der Waals surface area (Å²) in [5.74, 6) is 0.849. The lowest BCUT2D eigenvalue weighted by Gasteiger charge is -2.30. The van der Waals surface area contributed by atoms with Crippen molar-refractivity contribution >= 4 is 32.3 Å². The summed E-state index contributed by atoms with van der Waals surface area (Å²) in [5.41, 5.74) is 1.89. The Morgan fingerprint density at radius 2 is 1.79 bits per heavy atom. The van der Waals surface area contributed by atoms with Crippen LogP contribution in [0, 0.1) is 13.8 Å². The van der Waals surface area contributed by atoms with Gasteiger partial charge in [-0.25, -0.2) is 18.4 Å². The first kappa shape index (κ1) is 19.9. The number of hydrogen-bond acceptors (Lipinski definition) is 7. The Hall–Kier alpha value is -2.36. The summed E-state index contributed by atoms with van der Waals surface area (Å²) in [4.78, 5) is 15.0. The summed E-state index contributed by atoms with van der Waals surface area (Å²) in [6.45, 7) is 4.98. The van der Waals surface area contributed by atoms with Gasteiger partial charge < -0.3 is 5.32 Å². The molecule has 1 saturated heterocycles. The predicted molar refractivity (Wildman–Crippen MR) is 114 cm³/mol.